The van der Waals surface area contributed by atoms with Crippen LogP contribution in [-0.2, 0) is 0 Å². The zero-order valence-electron chi connectivity index (χ0n) is 24.8. The number of ether oxygens (including phenoxy) is 1. The number of nitrogens with one attached hydrogen (secondary N) is 2. The summed E-state index contributed by atoms with van der Waals surface area (Å²) in [5.74, 6) is -1.96. The lowest BCUT2D eigenvalue weighted by molar-refractivity contribution is 0.0684. The highest BCUT2D eigenvalue weighted by atomic mass is 35.5. The van der Waals surface area contributed by atoms with Crippen LogP contribution >= 0.6 is 11.6 Å². The molecule has 1 saturated heterocycles. The van der Waals surface area contributed by atoms with Crippen LogP contribution in [0.25, 0.3) is 16.9 Å². The molecule has 236 valence electrons. The number of halogens is 3. The van der Waals surface area contributed by atoms with E-state index in [1.807, 2.05) is 0 Å². The molecule has 13 heteroatoms. The van der Waals surface area contributed by atoms with Gasteiger partial charge in [0.05, 0.1) is 29.1 Å². The van der Waals surface area contributed by atoms with Gasteiger partial charge in [-0.2, -0.15) is 4.39 Å². The average molecular weight is 646 g/mol. The van der Waals surface area contributed by atoms with Crippen LogP contribution in [0.4, 0.5) is 20.3 Å². The number of nitrogens with zero attached hydrogens (tertiary/aromatic N) is 5. The first kappa shape index (κ1) is 30.9. The third kappa shape index (κ3) is 6.34. The number of likely N-dealkylation sites (tertiary alicyclic amines) is 1. The Morgan fingerprint density at radius 3 is 2.54 bits per heavy atom. The van der Waals surface area contributed by atoms with Crippen LogP contribution in [0.3, 0.4) is 0 Å². The summed E-state index contributed by atoms with van der Waals surface area (Å²) in [6, 6.07) is 11.2. The van der Waals surface area contributed by atoms with Gasteiger partial charge in [0.25, 0.3) is 11.8 Å². The van der Waals surface area contributed by atoms with Crippen LogP contribution in [-0.4, -0.2) is 62.3 Å². The number of piperidine rings is 1. The predicted octanol–water partition coefficient (Wildman–Crippen LogP) is 6.15. The zero-order chi connectivity index (χ0) is 32.2. The number of amides is 2. The van der Waals surface area contributed by atoms with E-state index in [9.17, 15) is 18.4 Å². The monoisotopic (exact) mass is 645 g/mol. The summed E-state index contributed by atoms with van der Waals surface area (Å²) in [4.78, 5) is 40.1. The van der Waals surface area contributed by atoms with Gasteiger partial charge >= 0.3 is 0 Å². The van der Waals surface area contributed by atoms with Crippen molar-refractivity contribution in [3.8, 4) is 17.0 Å². The smallest absolute Gasteiger partial charge is 0.255 e. The Kier molecular flexibility index (Phi) is 9.06. The second kappa shape index (κ2) is 13.5. The second-order valence-electron chi connectivity index (χ2n) is 10.8. The second-order valence-corrected chi connectivity index (χ2v) is 11.2. The van der Waals surface area contributed by atoms with E-state index in [1.54, 1.807) is 65.1 Å². The largest absolute Gasteiger partial charge is 0.491 e. The van der Waals surface area contributed by atoms with E-state index >= 15 is 0 Å². The van der Waals surface area contributed by atoms with Crippen molar-refractivity contribution in [1.29, 1.82) is 0 Å². The number of carbonyl (C=O) groups is 2. The minimum absolute atomic E-state index is 0.0234. The predicted molar refractivity (Wildman–Crippen MR) is 169 cm³/mol. The number of imidazole rings is 1. The molecule has 0 spiro atoms. The molecule has 4 heterocycles. The van der Waals surface area contributed by atoms with Crippen molar-refractivity contribution >= 4 is 40.6 Å². The molecule has 1 aliphatic heterocycles. The van der Waals surface area contributed by atoms with Crippen molar-refractivity contribution in [1.82, 2.24) is 29.6 Å². The molecule has 2 N–H and O–H groups in total. The van der Waals surface area contributed by atoms with Crippen molar-refractivity contribution in [2.75, 3.05) is 31.6 Å². The topological polar surface area (TPSA) is 114 Å². The van der Waals surface area contributed by atoms with Crippen molar-refractivity contribution < 1.29 is 23.1 Å². The van der Waals surface area contributed by atoms with Crippen LogP contribution in [0.5, 0.6) is 5.75 Å². The highest BCUT2D eigenvalue weighted by molar-refractivity contribution is 6.34. The Labute approximate surface area is 268 Å². The Morgan fingerprint density at radius 2 is 1.80 bits per heavy atom. The molecule has 0 bridgehead atoms. The molecule has 0 atom stereocenters. The summed E-state index contributed by atoms with van der Waals surface area (Å²) >= 11 is 6.58. The molecule has 2 amide bonds. The molecule has 3 aromatic heterocycles. The molecule has 1 fully saturated rings. The van der Waals surface area contributed by atoms with Gasteiger partial charge in [0, 0.05) is 61.2 Å². The number of rotatable bonds is 9. The van der Waals surface area contributed by atoms with Crippen LogP contribution in [0.1, 0.15) is 40.5 Å². The molecule has 10 nitrogen and oxygen atoms in total. The third-order valence-electron chi connectivity index (χ3n) is 7.91. The Balaban J connectivity index is 1.10. The molecule has 0 saturated carbocycles. The maximum atomic E-state index is 15.0. The molecule has 0 unspecified atom stereocenters. The quantitative estimate of drug-likeness (QED) is 0.198. The molecular formula is C33H30ClF2N7O3. The van der Waals surface area contributed by atoms with Gasteiger partial charge in [-0.25, -0.2) is 14.4 Å². The number of hydrogen-bond donors (Lipinski definition) is 2. The lowest BCUT2D eigenvalue weighted by atomic mass is 9.96. The number of pyridine rings is 1. The molecule has 2 aromatic carbocycles. The fourth-order valence-corrected chi connectivity index (χ4v) is 5.72. The molecule has 46 heavy (non-hydrogen) atoms. The summed E-state index contributed by atoms with van der Waals surface area (Å²) in [7, 11) is 0. The fourth-order valence-electron chi connectivity index (χ4n) is 5.46. The number of hydrogen-bond acceptors (Lipinski definition) is 7. The minimum Gasteiger partial charge on any atom is -0.491 e. The van der Waals surface area contributed by atoms with E-state index in [1.165, 1.54) is 24.5 Å². The third-order valence-corrected chi connectivity index (χ3v) is 8.22. The van der Waals surface area contributed by atoms with Crippen molar-refractivity contribution in [2.45, 2.75) is 19.8 Å². The summed E-state index contributed by atoms with van der Waals surface area (Å²) in [5, 5.41) is 6.39. The molecule has 6 rings (SSSR count). The van der Waals surface area contributed by atoms with E-state index in [0.29, 0.717) is 53.6 Å². The Bertz CT molecular complexity index is 1900. The van der Waals surface area contributed by atoms with Crippen LogP contribution in [0.2, 0.25) is 5.02 Å². The van der Waals surface area contributed by atoms with Gasteiger partial charge in [-0.3, -0.25) is 19.0 Å². The van der Waals surface area contributed by atoms with E-state index in [0.717, 1.165) is 12.8 Å². The van der Waals surface area contributed by atoms with Crippen molar-refractivity contribution in [3.63, 3.8) is 0 Å². The maximum absolute atomic E-state index is 15.0. The average Bonchev–Trinajstić information content (AvgIpc) is 3.51. The van der Waals surface area contributed by atoms with Gasteiger partial charge < -0.3 is 20.3 Å². The molecule has 1 aliphatic rings. The number of carbonyl (C=O) groups excluding carboxylic acids is 2. The molecular weight excluding hydrogens is 616 g/mol. The van der Waals surface area contributed by atoms with E-state index in [2.05, 4.69) is 25.6 Å². The fraction of sp³-hybridized carbons (Fsp3) is 0.242. The lowest BCUT2D eigenvalue weighted by Gasteiger charge is -2.32. The number of aromatic nitrogens is 4. The summed E-state index contributed by atoms with van der Waals surface area (Å²) in [6.45, 7) is 3.54. The van der Waals surface area contributed by atoms with Gasteiger partial charge in [-0.15, -0.1) is 0 Å². The zero-order valence-corrected chi connectivity index (χ0v) is 25.6. The summed E-state index contributed by atoms with van der Waals surface area (Å²) in [6.07, 6.45) is 9.23. The summed E-state index contributed by atoms with van der Waals surface area (Å²) < 4.78 is 36.3. The lowest BCUT2D eigenvalue weighted by Crippen LogP contribution is -2.41. The molecule has 0 radical (unpaired) electrons. The molecule has 5 aromatic rings. The van der Waals surface area contributed by atoms with E-state index < -0.39 is 11.6 Å². The van der Waals surface area contributed by atoms with E-state index in [4.69, 9.17) is 16.3 Å². The highest BCUT2D eigenvalue weighted by Crippen LogP contribution is 2.32. The van der Waals surface area contributed by atoms with Gasteiger partial charge in [0.15, 0.2) is 23.0 Å². The van der Waals surface area contributed by atoms with E-state index in [-0.39, 0.29) is 40.7 Å². The number of benzene rings is 2. The van der Waals surface area contributed by atoms with Crippen LogP contribution in [0, 0.1) is 17.6 Å². The van der Waals surface area contributed by atoms with Gasteiger partial charge in [0.2, 0.25) is 5.82 Å². The SMILES string of the molecule is CCOc1ccc(-c2cnc3c(Nc4ccc(C(=O)N5CCC(CNC(=O)c6ccncc6)CC5)c(Cl)c4)nccn23)c(F)c1F. The van der Waals surface area contributed by atoms with Crippen LogP contribution in [0.15, 0.2) is 73.4 Å². The summed E-state index contributed by atoms with van der Waals surface area (Å²) in [5.41, 5.74) is 2.23. The minimum atomic E-state index is -1.07. The first-order valence-corrected chi connectivity index (χ1v) is 15.2. The van der Waals surface area contributed by atoms with Gasteiger partial charge in [0.1, 0.15) is 0 Å². The maximum Gasteiger partial charge on any atom is 0.255 e. The Morgan fingerprint density at radius 1 is 1.02 bits per heavy atom. The van der Waals surface area contributed by atoms with Crippen LogP contribution < -0.4 is 15.4 Å². The Hall–Kier alpha value is -5.10. The van der Waals surface area contributed by atoms with Crippen molar-refractivity contribution in [3.05, 3.63) is 101 Å². The number of anilines is 2. The first-order valence-electron chi connectivity index (χ1n) is 14.8. The standard InChI is InChI=1S/C33H30ClF2N7O3/c1-2-46-27-6-5-24(28(35)29(27)36)26-19-39-31-30(38-13-16-43(26)31)41-22-3-4-23(25(34)17-22)33(45)42-14-9-20(10-15-42)18-40-32(44)21-7-11-37-12-8-21/h3-8,11-13,16-17,19-20H,2,9-10,14-15,18H2,1H3,(H,38,41)(H,40,44). The molecule has 0 aliphatic carbocycles. The van der Waals surface area contributed by atoms with Gasteiger partial charge in [-0.1, -0.05) is 11.6 Å². The van der Waals surface area contributed by atoms with Crippen molar-refractivity contribution in [2.24, 2.45) is 5.92 Å². The van der Waals surface area contributed by atoms with Gasteiger partial charge in [-0.05, 0) is 68.1 Å². The number of fused-ring (bicyclic) bond motifs is 1. The normalized spacial score (nSPS) is 13.5. The highest BCUT2D eigenvalue weighted by Gasteiger charge is 2.26. The first-order chi connectivity index (χ1) is 22.3.